The van der Waals surface area contributed by atoms with Crippen molar-refractivity contribution in [3.63, 3.8) is 0 Å². The Balaban J connectivity index is 1.82. The molecule has 2 saturated heterocycles. The van der Waals surface area contributed by atoms with Gasteiger partial charge in [-0.2, -0.15) is 0 Å². The average Bonchev–Trinajstić information content (AvgIpc) is 2.93. The molecule has 1 radical (unpaired) electrons. The van der Waals surface area contributed by atoms with Crippen molar-refractivity contribution in [2.75, 3.05) is 6.54 Å². The van der Waals surface area contributed by atoms with E-state index < -0.39 is 0 Å². The van der Waals surface area contributed by atoms with Crippen LogP contribution in [-0.2, 0) is 0 Å². The van der Waals surface area contributed by atoms with E-state index in [0.29, 0.717) is 0 Å². The van der Waals surface area contributed by atoms with Crippen molar-refractivity contribution in [1.29, 1.82) is 0 Å². The Morgan fingerprint density at radius 1 is 1.08 bits per heavy atom. The zero-order chi connectivity index (χ0) is 8.67. The molecule has 0 spiro atoms. The molecular formula is C12H14N. The quantitative estimate of drug-likeness (QED) is 0.588. The molecule has 0 bridgehead atoms. The molecule has 0 aliphatic carbocycles. The first-order valence-electron chi connectivity index (χ1n) is 5.16. The van der Waals surface area contributed by atoms with E-state index in [-0.39, 0.29) is 0 Å². The van der Waals surface area contributed by atoms with Crippen molar-refractivity contribution in [3.05, 3.63) is 41.9 Å². The third-order valence-electron chi connectivity index (χ3n) is 3.13. The van der Waals surface area contributed by atoms with Crippen molar-refractivity contribution >= 4 is 0 Å². The van der Waals surface area contributed by atoms with E-state index >= 15 is 0 Å². The van der Waals surface area contributed by atoms with Crippen molar-refractivity contribution in [2.24, 2.45) is 0 Å². The molecule has 3 rings (SSSR count). The topological polar surface area (TPSA) is 3.01 Å². The maximum atomic E-state index is 2.55. The minimum atomic E-state index is 0.802. The van der Waals surface area contributed by atoms with Crippen LogP contribution in [0.3, 0.4) is 0 Å². The second-order valence-electron chi connectivity index (χ2n) is 3.96. The molecule has 2 aliphatic heterocycles. The lowest BCUT2D eigenvalue weighted by atomic mass is 10.1. The minimum Gasteiger partial charge on any atom is -0.285 e. The number of rotatable bonds is 1. The van der Waals surface area contributed by atoms with Crippen LogP contribution in [0.1, 0.15) is 24.8 Å². The summed E-state index contributed by atoms with van der Waals surface area (Å²) in [7, 11) is 0. The van der Waals surface area contributed by atoms with Crippen molar-refractivity contribution in [1.82, 2.24) is 4.90 Å². The molecule has 1 heteroatoms. The smallest absolute Gasteiger partial charge is 0.0865 e. The van der Waals surface area contributed by atoms with Crippen molar-refractivity contribution < 1.29 is 0 Å². The summed E-state index contributed by atoms with van der Waals surface area (Å²) in [5.74, 6) is 0. The van der Waals surface area contributed by atoms with Gasteiger partial charge in [0.2, 0.25) is 0 Å². The number of benzene rings is 1. The fourth-order valence-electron chi connectivity index (χ4n) is 2.44. The number of piperidine rings is 1. The highest BCUT2D eigenvalue weighted by molar-refractivity contribution is 5.42. The molecule has 0 N–H and O–H groups in total. The molecule has 2 heterocycles. The highest BCUT2D eigenvalue weighted by atomic mass is 15.4. The molecule has 2 fully saturated rings. The van der Waals surface area contributed by atoms with Gasteiger partial charge in [0, 0.05) is 6.04 Å². The van der Waals surface area contributed by atoms with Gasteiger partial charge in [-0.1, -0.05) is 36.8 Å². The zero-order valence-corrected chi connectivity index (χ0v) is 7.74. The van der Waals surface area contributed by atoms with E-state index in [1.165, 1.54) is 31.4 Å². The summed E-state index contributed by atoms with van der Waals surface area (Å²) in [5.41, 5.74) is 1.44. The molecule has 0 saturated carbocycles. The summed E-state index contributed by atoms with van der Waals surface area (Å²) in [6, 6.07) is 13.2. The van der Waals surface area contributed by atoms with Crippen LogP contribution in [-0.4, -0.2) is 17.5 Å². The monoisotopic (exact) mass is 172 g/mol. The highest BCUT2D eigenvalue weighted by Crippen LogP contribution is 2.46. The molecule has 2 atom stereocenters. The summed E-state index contributed by atoms with van der Waals surface area (Å²) in [6.45, 7) is 1.29. The van der Waals surface area contributed by atoms with E-state index in [2.05, 4.69) is 35.2 Å². The van der Waals surface area contributed by atoms with Crippen LogP contribution >= 0.6 is 0 Å². The van der Waals surface area contributed by atoms with E-state index in [1.54, 1.807) is 6.04 Å². The van der Waals surface area contributed by atoms with Crippen molar-refractivity contribution in [3.8, 4) is 0 Å². The number of hydrogen-bond donors (Lipinski definition) is 0. The largest absolute Gasteiger partial charge is 0.285 e. The molecule has 1 nitrogen and oxygen atoms in total. The van der Waals surface area contributed by atoms with Gasteiger partial charge in [-0.3, -0.25) is 4.90 Å². The Hall–Kier alpha value is -0.820. The van der Waals surface area contributed by atoms with E-state index in [0.717, 1.165) is 6.04 Å². The molecule has 2 unspecified atom stereocenters. The molecule has 1 aromatic rings. The first-order valence-corrected chi connectivity index (χ1v) is 5.16. The predicted octanol–water partition coefficient (Wildman–Crippen LogP) is 2.43. The maximum Gasteiger partial charge on any atom is 0.0865 e. The first-order chi connectivity index (χ1) is 6.47. The van der Waals surface area contributed by atoms with Gasteiger partial charge in [0.25, 0.3) is 0 Å². The van der Waals surface area contributed by atoms with Crippen LogP contribution in [0.5, 0.6) is 0 Å². The second-order valence-corrected chi connectivity index (χ2v) is 3.96. The molecule has 0 amide bonds. The van der Waals surface area contributed by atoms with Crippen LogP contribution in [0.2, 0.25) is 0 Å². The van der Waals surface area contributed by atoms with Gasteiger partial charge in [-0.25, -0.2) is 0 Å². The van der Waals surface area contributed by atoms with Gasteiger partial charge in [-0.05, 0) is 24.9 Å². The van der Waals surface area contributed by atoms with E-state index in [4.69, 9.17) is 0 Å². The number of hydrogen-bond acceptors (Lipinski definition) is 1. The molecular weight excluding hydrogens is 158 g/mol. The summed E-state index contributed by atoms with van der Waals surface area (Å²) in [4.78, 5) is 2.55. The lowest BCUT2D eigenvalue weighted by Gasteiger charge is -2.07. The third-order valence-corrected chi connectivity index (χ3v) is 3.13. The summed E-state index contributed by atoms with van der Waals surface area (Å²) in [5, 5.41) is 0. The fraction of sp³-hybridized carbons (Fsp3) is 0.417. The molecule has 0 aromatic heterocycles. The highest BCUT2D eigenvalue weighted by Gasteiger charge is 2.49. The minimum absolute atomic E-state index is 0.802. The van der Waals surface area contributed by atoms with Gasteiger partial charge in [0.1, 0.15) is 0 Å². The van der Waals surface area contributed by atoms with Crippen LogP contribution in [0.25, 0.3) is 0 Å². The Kier molecular flexibility index (Phi) is 1.66. The molecule has 67 valence electrons. The predicted molar refractivity (Wildman–Crippen MR) is 53.1 cm³/mol. The first kappa shape index (κ1) is 7.57. The maximum absolute atomic E-state index is 2.55. The normalized spacial score (nSPS) is 32.6. The van der Waals surface area contributed by atoms with Gasteiger partial charge < -0.3 is 0 Å². The standard InChI is InChI=1S/C12H14N/c1-2-6-10(7-3-1)12-11-8-4-5-9-13(11)12/h1-3,6-7,11H,4-5,8-9H2. The van der Waals surface area contributed by atoms with Gasteiger partial charge >= 0.3 is 0 Å². The van der Waals surface area contributed by atoms with Crippen LogP contribution < -0.4 is 0 Å². The van der Waals surface area contributed by atoms with Gasteiger partial charge in [0.15, 0.2) is 0 Å². The van der Waals surface area contributed by atoms with Crippen molar-refractivity contribution in [2.45, 2.75) is 25.3 Å². The summed E-state index contributed by atoms with van der Waals surface area (Å²) < 4.78 is 0. The molecule has 2 aliphatic rings. The summed E-state index contributed by atoms with van der Waals surface area (Å²) >= 11 is 0. The SMILES string of the molecule is c1ccc([C]2C3CCCCN23)cc1. The average molecular weight is 172 g/mol. The number of nitrogens with zero attached hydrogens (tertiary/aromatic N) is 1. The fourth-order valence-corrected chi connectivity index (χ4v) is 2.44. The lowest BCUT2D eigenvalue weighted by molar-refractivity contribution is 0.411. The van der Waals surface area contributed by atoms with Crippen LogP contribution in [0, 0.1) is 6.04 Å². The van der Waals surface area contributed by atoms with E-state index in [1.807, 2.05) is 0 Å². The Labute approximate surface area is 79.4 Å². The third kappa shape index (κ3) is 1.19. The summed E-state index contributed by atoms with van der Waals surface area (Å²) in [6.07, 6.45) is 4.18. The van der Waals surface area contributed by atoms with Crippen LogP contribution in [0.15, 0.2) is 30.3 Å². The van der Waals surface area contributed by atoms with Gasteiger partial charge in [0.05, 0.1) is 6.04 Å². The van der Waals surface area contributed by atoms with Crippen LogP contribution in [0.4, 0.5) is 0 Å². The van der Waals surface area contributed by atoms with Gasteiger partial charge in [-0.15, -0.1) is 0 Å². The Morgan fingerprint density at radius 2 is 1.92 bits per heavy atom. The molecule has 1 aromatic carbocycles. The van der Waals surface area contributed by atoms with E-state index in [9.17, 15) is 0 Å². The zero-order valence-electron chi connectivity index (χ0n) is 7.74. The Morgan fingerprint density at radius 3 is 2.62 bits per heavy atom. The Bertz CT molecular complexity index is 281. The second kappa shape index (κ2) is 2.85. The lowest BCUT2D eigenvalue weighted by Crippen LogP contribution is -2.09. The number of fused-ring (bicyclic) bond motifs is 1. The molecule has 13 heavy (non-hydrogen) atoms.